The predicted molar refractivity (Wildman–Crippen MR) is 133 cm³/mol. The van der Waals surface area contributed by atoms with E-state index in [4.69, 9.17) is 4.42 Å². The first-order valence-corrected chi connectivity index (χ1v) is 12.2. The lowest BCUT2D eigenvalue weighted by Crippen LogP contribution is -2.45. The number of likely N-dealkylation sites (tertiary alicyclic amines) is 1. The van der Waals surface area contributed by atoms with Gasteiger partial charge in [0.1, 0.15) is 22.5 Å². The zero-order valence-corrected chi connectivity index (χ0v) is 20.2. The molecule has 7 nitrogen and oxygen atoms in total. The van der Waals surface area contributed by atoms with Gasteiger partial charge in [-0.25, -0.2) is 4.68 Å². The largest absolute Gasteiger partial charge is 0.456 e. The Balaban J connectivity index is 1.15. The zero-order chi connectivity index (χ0) is 26.5. The number of para-hydroxylation sites is 2. The molecule has 2 aromatic heterocycles. The Labute approximate surface area is 215 Å². The molecular formula is C28H23F3N4O3. The SMILES string of the molecule is O=C(Cc1ccc2oc3ccccc3c2c1)N1CCC(O)(c2cn(-c3ccccc3C(F)(F)F)nn2)CC1. The van der Waals surface area contributed by atoms with E-state index in [9.17, 15) is 23.1 Å². The Bertz CT molecular complexity index is 1650. The number of carbonyl (C=O) groups excluding carboxylic acids is 1. The normalized spacial score (nSPS) is 15.8. The van der Waals surface area contributed by atoms with Crippen LogP contribution in [0.2, 0.25) is 0 Å². The number of amides is 1. The molecule has 6 rings (SSSR count). The molecule has 0 radical (unpaired) electrons. The fourth-order valence-corrected chi connectivity index (χ4v) is 5.06. The van der Waals surface area contributed by atoms with Crippen molar-refractivity contribution in [1.82, 2.24) is 19.9 Å². The van der Waals surface area contributed by atoms with Crippen LogP contribution in [0.1, 0.15) is 29.7 Å². The van der Waals surface area contributed by atoms with Gasteiger partial charge in [0.05, 0.1) is 23.9 Å². The van der Waals surface area contributed by atoms with Crippen LogP contribution in [0.5, 0.6) is 0 Å². The topological polar surface area (TPSA) is 84.4 Å². The van der Waals surface area contributed by atoms with Gasteiger partial charge in [0, 0.05) is 23.9 Å². The second-order valence-electron chi connectivity index (χ2n) is 9.58. The smallest absolute Gasteiger partial charge is 0.418 e. The number of benzene rings is 3. The van der Waals surface area contributed by atoms with Crippen LogP contribution in [0.3, 0.4) is 0 Å². The van der Waals surface area contributed by atoms with Crippen molar-refractivity contribution in [2.75, 3.05) is 13.1 Å². The first kappa shape index (κ1) is 24.2. The maximum atomic E-state index is 13.4. The van der Waals surface area contributed by atoms with Crippen molar-refractivity contribution in [1.29, 1.82) is 0 Å². The lowest BCUT2D eigenvalue weighted by molar-refractivity contribution is -0.137. The van der Waals surface area contributed by atoms with Crippen LogP contribution in [-0.2, 0) is 23.0 Å². The molecule has 1 saturated heterocycles. The summed E-state index contributed by atoms with van der Waals surface area (Å²) in [5.41, 5.74) is 0.191. The molecule has 0 saturated carbocycles. The van der Waals surface area contributed by atoms with Crippen molar-refractivity contribution in [2.45, 2.75) is 31.0 Å². The number of carbonyl (C=O) groups is 1. The molecule has 1 aliphatic rings. The number of hydrogen-bond donors (Lipinski definition) is 1. The van der Waals surface area contributed by atoms with E-state index in [0.29, 0.717) is 0 Å². The minimum absolute atomic E-state index is 0.0676. The number of alkyl halides is 3. The molecule has 1 aliphatic heterocycles. The first-order valence-electron chi connectivity index (χ1n) is 12.2. The highest BCUT2D eigenvalue weighted by Crippen LogP contribution is 2.36. The number of aliphatic hydroxyl groups is 1. The molecule has 194 valence electrons. The fourth-order valence-electron chi connectivity index (χ4n) is 5.06. The average Bonchev–Trinajstić information content (AvgIpc) is 3.54. The molecule has 38 heavy (non-hydrogen) atoms. The standard InChI is InChI=1S/C28H23F3N4O3/c29-28(30,31)21-6-2-3-7-22(21)35-17-25(32-33-35)27(37)11-13-34(14-12-27)26(36)16-18-9-10-24-20(15-18)19-5-1-4-8-23(19)38-24/h1-10,15,17,37H,11-14,16H2. The third-order valence-electron chi connectivity index (χ3n) is 7.17. The highest BCUT2D eigenvalue weighted by Gasteiger charge is 2.39. The van der Waals surface area contributed by atoms with Crippen LogP contribution in [-0.4, -0.2) is 44.0 Å². The van der Waals surface area contributed by atoms with Crippen LogP contribution < -0.4 is 0 Å². The second-order valence-corrected chi connectivity index (χ2v) is 9.58. The second kappa shape index (κ2) is 8.98. The van der Waals surface area contributed by atoms with Crippen molar-refractivity contribution in [3.63, 3.8) is 0 Å². The van der Waals surface area contributed by atoms with E-state index in [1.54, 1.807) is 4.90 Å². The third kappa shape index (κ3) is 4.30. The molecule has 0 spiro atoms. The zero-order valence-electron chi connectivity index (χ0n) is 20.2. The molecule has 10 heteroatoms. The van der Waals surface area contributed by atoms with Crippen LogP contribution >= 0.6 is 0 Å². The lowest BCUT2D eigenvalue weighted by Gasteiger charge is -2.37. The van der Waals surface area contributed by atoms with Gasteiger partial charge in [-0.1, -0.05) is 41.6 Å². The third-order valence-corrected chi connectivity index (χ3v) is 7.17. The van der Waals surface area contributed by atoms with Gasteiger partial charge in [-0.05, 0) is 48.7 Å². The molecule has 1 amide bonds. The van der Waals surface area contributed by atoms with Crippen molar-refractivity contribution in [3.8, 4) is 5.69 Å². The van der Waals surface area contributed by atoms with E-state index < -0.39 is 17.3 Å². The minimum Gasteiger partial charge on any atom is -0.456 e. The maximum absolute atomic E-state index is 13.4. The molecule has 0 unspecified atom stereocenters. The number of aromatic nitrogens is 3. The minimum atomic E-state index is -4.56. The Kier molecular flexibility index (Phi) is 5.71. The summed E-state index contributed by atoms with van der Waals surface area (Å²) in [6.07, 6.45) is -2.63. The van der Waals surface area contributed by atoms with Gasteiger partial charge < -0.3 is 14.4 Å². The fraction of sp³-hybridized carbons (Fsp3) is 0.250. The number of rotatable bonds is 4. The molecular weight excluding hydrogens is 497 g/mol. The summed E-state index contributed by atoms with van der Waals surface area (Å²) in [4.78, 5) is 14.7. The van der Waals surface area contributed by atoms with Crippen molar-refractivity contribution >= 4 is 27.8 Å². The number of furan rings is 1. The number of nitrogens with zero attached hydrogens (tertiary/aromatic N) is 4. The summed E-state index contributed by atoms with van der Waals surface area (Å²) in [5.74, 6) is -0.0676. The van der Waals surface area contributed by atoms with Gasteiger partial charge in [-0.2, -0.15) is 13.2 Å². The van der Waals surface area contributed by atoms with Gasteiger partial charge >= 0.3 is 6.18 Å². The molecule has 1 fully saturated rings. The van der Waals surface area contributed by atoms with Gasteiger partial charge in [0.15, 0.2) is 0 Å². The van der Waals surface area contributed by atoms with Gasteiger partial charge in [-0.3, -0.25) is 4.79 Å². The average molecular weight is 521 g/mol. The molecule has 3 aromatic carbocycles. The number of halogens is 3. The lowest BCUT2D eigenvalue weighted by atomic mass is 9.88. The van der Waals surface area contributed by atoms with Crippen molar-refractivity contribution < 1.29 is 27.5 Å². The number of fused-ring (bicyclic) bond motifs is 3. The van der Waals surface area contributed by atoms with E-state index in [1.165, 1.54) is 24.4 Å². The van der Waals surface area contributed by atoms with Gasteiger partial charge in [0.2, 0.25) is 5.91 Å². The van der Waals surface area contributed by atoms with E-state index in [2.05, 4.69) is 10.3 Å². The highest BCUT2D eigenvalue weighted by atomic mass is 19.4. The predicted octanol–water partition coefficient (Wildman–Crippen LogP) is 5.24. The van der Waals surface area contributed by atoms with Gasteiger partial charge in [0.25, 0.3) is 0 Å². The van der Waals surface area contributed by atoms with E-state index in [1.807, 2.05) is 42.5 Å². The van der Waals surface area contributed by atoms with E-state index >= 15 is 0 Å². The van der Waals surface area contributed by atoms with Crippen LogP contribution in [0, 0.1) is 0 Å². The van der Waals surface area contributed by atoms with Crippen LogP contribution in [0.15, 0.2) is 77.3 Å². The van der Waals surface area contributed by atoms with Crippen molar-refractivity contribution in [3.05, 3.63) is 89.7 Å². The van der Waals surface area contributed by atoms with Crippen LogP contribution in [0.25, 0.3) is 27.6 Å². The monoisotopic (exact) mass is 520 g/mol. The Hall–Kier alpha value is -4.18. The summed E-state index contributed by atoms with van der Waals surface area (Å²) in [5, 5.41) is 21.0. The summed E-state index contributed by atoms with van der Waals surface area (Å²) < 4.78 is 47.2. The molecule has 1 N–H and O–H groups in total. The Morgan fingerprint density at radius 1 is 0.974 bits per heavy atom. The van der Waals surface area contributed by atoms with Crippen LogP contribution in [0.4, 0.5) is 13.2 Å². The molecule has 3 heterocycles. The summed E-state index contributed by atoms with van der Waals surface area (Å²) in [7, 11) is 0. The highest BCUT2D eigenvalue weighted by molar-refractivity contribution is 6.05. The van der Waals surface area contributed by atoms with E-state index in [-0.39, 0.29) is 49.6 Å². The number of piperidine rings is 1. The van der Waals surface area contributed by atoms with Gasteiger partial charge in [-0.15, -0.1) is 5.10 Å². The molecule has 0 bridgehead atoms. The molecule has 5 aromatic rings. The summed E-state index contributed by atoms with van der Waals surface area (Å²) >= 11 is 0. The Morgan fingerprint density at radius 2 is 1.68 bits per heavy atom. The summed E-state index contributed by atoms with van der Waals surface area (Å²) in [6, 6.07) is 18.5. The molecule has 0 atom stereocenters. The summed E-state index contributed by atoms with van der Waals surface area (Å²) in [6.45, 7) is 0.580. The Morgan fingerprint density at radius 3 is 2.47 bits per heavy atom. The quantitative estimate of drug-likeness (QED) is 0.351. The van der Waals surface area contributed by atoms with Crippen molar-refractivity contribution in [2.24, 2.45) is 0 Å². The maximum Gasteiger partial charge on any atom is 0.418 e. The number of hydrogen-bond acceptors (Lipinski definition) is 5. The molecule has 0 aliphatic carbocycles. The first-order chi connectivity index (χ1) is 18.2. The van der Waals surface area contributed by atoms with E-state index in [0.717, 1.165) is 38.3 Å².